The molecular weight excluding hydrogens is 464 g/mol. The molecule has 5 heterocycles. The van der Waals surface area contributed by atoms with Crippen molar-refractivity contribution < 1.29 is 14.0 Å². The molecule has 5 aromatic heterocycles. The van der Waals surface area contributed by atoms with E-state index in [1.54, 1.807) is 23.4 Å². The summed E-state index contributed by atoms with van der Waals surface area (Å²) in [5.41, 5.74) is 2.83. The normalized spacial score (nSPS) is 11.1. The fourth-order valence-electron chi connectivity index (χ4n) is 3.77. The molecule has 0 bridgehead atoms. The predicted octanol–water partition coefficient (Wildman–Crippen LogP) is 3.82. The number of fused-ring (bicyclic) bond motifs is 1. The van der Waals surface area contributed by atoms with Crippen LogP contribution >= 0.6 is 11.3 Å². The van der Waals surface area contributed by atoms with Crippen LogP contribution in [0.1, 0.15) is 33.1 Å². The maximum Gasteiger partial charge on any atom is 0.263 e. The van der Waals surface area contributed by atoms with E-state index in [-0.39, 0.29) is 18.4 Å². The first kappa shape index (κ1) is 22.6. The van der Waals surface area contributed by atoms with Gasteiger partial charge in [-0.3, -0.25) is 14.5 Å². The molecule has 178 valence electrons. The second-order valence-corrected chi connectivity index (χ2v) is 9.10. The number of hydrogen-bond acceptors (Lipinski definition) is 6. The average Bonchev–Trinajstić information content (AvgIpc) is 3.66. The minimum Gasteiger partial charge on any atom is -0.467 e. The van der Waals surface area contributed by atoms with E-state index in [4.69, 9.17) is 4.42 Å². The highest BCUT2D eigenvalue weighted by molar-refractivity contribution is 7.17. The van der Waals surface area contributed by atoms with Gasteiger partial charge in [-0.1, -0.05) is 11.3 Å². The molecule has 0 atom stereocenters. The van der Waals surface area contributed by atoms with Gasteiger partial charge in [0, 0.05) is 50.5 Å². The highest BCUT2D eigenvalue weighted by Gasteiger charge is 2.22. The molecule has 0 aliphatic carbocycles. The predicted molar refractivity (Wildman–Crippen MR) is 132 cm³/mol. The number of aryl methyl sites for hydroxylation is 2. The van der Waals surface area contributed by atoms with E-state index in [1.165, 1.54) is 17.5 Å². The fourth-order valence-corrected chi connectivity index (χ4v) is 4.62. The smallest absolute Gasteiger partial charge is 0.263 e. The quantitative estimate of drug-likeness (QED) is 0.340. The standard InChI is InChI=1S/C25H24N6O3S/c1-29-10-2-4-19(29)6-7-23(32)31(17-20-5-3-13-34-20)25-28-16-21(35-25)24(33)27-15-18-8-11-30-12-9-26-22(30)14-18/h2-5,8-14,16H,6-7,15,17H2,1H3,(H,27,33). The van der Waals surface area contributed by atoms with E-state index in [2.05, 4.69) is 15.3 Å². The SMILES string of the molecule is Cn1cccc1CCC(=O)N(Cc1ccco1)c1ncc(C(=O)NCc2ccn3ccnc3c2)s1. The van der Waals surface area contributed by atoms with E-state index >= 15 is 0 Å². The summed E-state index contributed by atoms with van der Waals surface area (Å²) in [7, 11) is 1.96. The number of nitrogens with one attached hydrogen (secondary N) is 1. The lowest BCUT2D eigenvalue weighted by molar-refractivity contribution is -0.118. The molecule has 0 saturated heterocycles. The van der Waals surface area contributed by atoms with Gasteiger partial charge in [0.05, 0.1) is 19.0 Å². The molecule has 2 amide bonds. The molecule has 5 rings (SSSR count). The van der Waals surface area contributed by atoms with Crippen LogP contribution < -0.4 is 10.2 Å². The van der Waals surface area contributed by atoms with Crippen LogP contribution in [0.15, 0.2) is 78.1 Å². The van der Waals surface area contributed by atoms with Crippen molar-refractivity contribution in [2.75, 3.05) is 4.90 Å². The van der Waals surface area contributed by atoms with Crippen molar-refractivity contribution in [3.63, 3.8) is 0 Å². The molecular formula is C25H24N6O3S. The zero-order valence-electron chi connectivity index (χ0n) is 19.1. The van der Waals surface area contributed by atoms with Gasteiger partial charge in [-0.2, -0.15) is 0 Å². The van der Waals surface area contributed by atoms with Gasteiger partial charge in [0.2, 0.25) is 5.91 Å². The number of rotatable bonds is 9. The number of amides is 2. The van der Waals surface area contributed by atoms with Crippen LogP contribution in [0.3, 0.4) is 0 Å². The monoisotopic (exact) mass is 488 g/mol. The summed E-state index contributed by atoms with van der Waals surface area (Å²) in [6.45, 7) is 0.610. The van der Waals surface area contributed by atoms with Crippen molar-refractivity contribution >= 4 is 33.9 Å². The molecule has 0 fully saturated rings. The number of carbonyl (C=O) groups is 2. The van der Waals surface area contributed by atoms with E-state index in [9.17, 15) is 9.59 Å². The Morgan fingerprint density at radius 2 is 2.06 bits per heavy atom. The Morgan fingerprint density at radius 3 is 2.86 bits per heavy atom. The highest BCUT2D eigenvalue weighted by atomic mass is 32.1. The molecule has 10 heteroatoms. The summed E-state index contributed by atoms with van der Waals surface area (Å²) >= 11 is 1.18. The van der Waals surface area contributed by atoms with Crippen LogP contribution in [0.25, 0.3) is 5.65 Å². The van der Waals surface area contributed by atoms with Crippen molar-refractivity contribution in [3.8, 4) is 0 Å². The van der Waals surface area contributed by atoms with Crippen molar-refractivity contribution in [1.29, 1.82) is 0 Å². The molecule has 9 nitrogen and oxygen atoms in total. The second-order valence-electron chi connectivity index (χ2n) is 8.09. The van der Waals surface area contributed by atoms with Gasteiger partial charge >= 0.3 is 0 Å². The lowest BCUT2D eigenvalue weighted by Crippen LogP contribution is -2.30. The highest BCUT2D eigenvalue weighted by Crippen LogP contribution is 2.26. The summed E-state index contributed by atoms with van der Waals surface area (Å²) in [6, 6.07) is 11.4. The molecule has 0 unspecified atom stereocenters. The van der Waals surface area contributed by atoms with Gasteiger partial charge in [0.15, 0.2) is 5.13 Å². The number of thiazole rings is 1. The molecule has 1 N–H and O–H groups in total. The molecule has 0 radical (unpaired) electrons. The van der Waals surface area contributed by atoms with Gasteiger partial charge in [-0.05, 0) is 48.4 Å². The topological polar surface area (TPSA) is 97.7 Å². The zero-order chi connectivity index (χ0) is 24.2. The molecule has 0 saturated carbocycles. The summed E-state index contributed by atoms with van der Waals surface area (Å²) in [6.07, 6.45) is 11.5. The van der Waals surface area contributed by atoms with Crippen LogP contribution in [0.4, 0.5) is 5.13 Å². The number of nitrogens with zero attached hydrogens (tertiary/aromatic N) is 5. The summed E-state index contributed by atoms with van der Waals surface area (Å²) in [5, 5.41) is 3.38. The minimum atomic E-state index is -0.244. The summed E-state index contributed by atoms with van der Waals surface area (Å²) in [4.78, 5) is 36.6. The first-order valence-corrected chi connectivity index (χ1v) is 12.0. The van der Waals surface area contributed by atoms with Gasteiger partial charge in [0.25, 0.3) is 5.91 Å². The van der Waals surface area contributed by atoms with Crippen LogP contribution in [0, 0.1) is 0 Å². The third-order valence-electron chi connectivity index (χ3n) is 5.71. The number of imidazole rings is 1. The Bertz CT molecular complexity index is 1450. The van der Waals surface area contributed by atoms with Gasteiger partial charge in [0.1, 0.15) is 16.3 Å². The number of carbonyl (C=O) groups excluding carboxylic acids is 2. The Kier molecular flexibility index (Phi) is 6.44. The van der Waals surface area contributed by atoms with Gasteiger partial charge < -0.3 is 18.7 Å². The van der Waals surface area contributed by atoms with Crippen molar-refractivity contribution in [2.24, 2.45) is 7.05 Å². The number of pyridine rings is 1. The number of hydrogen-bond donors (Lipinski definition) is 1. The van der Waals surface area contributed by atoms with E-state index in [0.29, 0.717) is 35.2 Å². The number of furan rings is 1. The maximum absolute atomic E-state index is 13.2. The lowest BCUT2D eigenvalue weighted by Gasteiger charge is -2.19. The third-order valence-corrected chi connectivity index (χ3v) is 6.72. The Morgan fingerprint density at radius 1 is 1.14 bits per heavy atom. The average molecular weight is 489 g/mol. The van der Waals surface area contributed by atoms with Gasteiger partial charge in [-0.15, -0.1) is 0 Å². The molecule has 0 aromatic carbocycles. The Hall–Kier alpha value is -4.18. The van der Waals surface area contributed by atoms with Gasteiger partial charge in [-0.25, -0.2) is 9.97 Å². The first-order chi connectivity index (χ1) is 17.1. The summed E-state index contributed by atoms with van der Waals surface area (Å²) < 4.78 is 9.37. The van der Waals surface area contributed by atoms with Crippen LogP contribution in [0.5, 0.6) is 0 Å². The third kappa shape index (κ3) is 5.17. The lowest BCUT2D eigenvalue weighted by atomic mass is 10.2. The van der Waals surface area contributed by atoms with E-state index < -0.39 is 0 Å². The fraction of sp³-hybridized carbons (Fsp3) is 0.200. The van der Waals surface area contributed by atoms with Crippen LogP contribution in [-0.2, 0) is 31.4 Å². The van der Waals surface area contributed by atoms with Crippen molar-refractivity contribution in [3.05, 3.63) is 95.5 Å². The van der Waals surface area contributed by atoms with Crippen LogP contribution in [0.2, 0.25) is 0 Å². The molecule has 5 aromatic rings. The number of aromatic nitrogens is 4. The Labute approximate surface area is 205 Å². The van der Waals surface area contributed by atoms with E-state index in [1.807, 2.05) is 64.9 Å². The minimum absolute atomic E-state index is 0.0862. The first-order valence-electron chi connectivity index (χ1n) is 11.2. The Balaban J connectivity index is 1.27. The maximum atomic E-state index is 13.2. The molecule has 0 aliphatic heterocycles. The number of anilines is 1. The van der Waals surface area contributed by atoms with Crippen molar-refractivity contribution in [1.82, 2.24) is 24.3 Å². The zero-order valence-corrected chi connectivity index (χ0v) is 19.9. The van der Waals surface area contributed by atoms with E-state index in [0.717, 1.165) is 16.9 Å². The molecule has 0 spiro atoms. The second kappa shape index (κ2) is 9.98. The molecule has 0 aliphatic rings. The molecule has 35 heavy (non-hydrogen) atoms. The summed E-state index contributed by atoms with van der Waals surface area (Å²) in [5.74, 6) is 0.316. The van der Waals surface area contributed by atoms with Crippen molar-refractivity contribution in [2.45, 2.75) is 25.9 Å². The van der Waals surface area contributed by atoms with Crippen LogP contribution in [-0.4, -0.2) is 30.8 Å². The largest absolute Gasteiger partial charge is 0.467 e.